The predicted molar refractivity (Wildman–Crippen MR) is 53.6 cm³/mol. The van der Waals surface area contributed by atoms with Crippen molar-refractivity contribution in [2.24, 2.45) is 0 Å². The van der Waals surface area contributed by atoms with E-state index >= 15 is 0 Å². The van der Waals surface area contributed by atoms with Crippen LogP contribution in [0.25, 0.3) is 0 Å². The molecule has 0 aliphatic heterocycles. The molecule has 1 N–H and O–H groups in total. The number of hydrogen-bond donors (Lipinski definition) is 1. The summed E-state index contributed by atoms with van der Waals surface area (Å²) in [6, 6.07) is 8.34. The van der Waals surface area contributed by atoms with E-state index in [-0.39, 0.29) is 0 Å². The Labute approximate surface area is 83.0 Å². The van der Waals surface area contributed by atoms with E-state index in [1.54, 1.807) is 30.3 Å². The summed E-state index contributed by atoms with van der Waals surface area (Å²) >= 11 is 0. The lowest BCUT2D eigenvalue weighted by molar-refractivity contribution is 0.102. The molecule has 0 spiro atoms. The summed E-state index contributed by atoms with van der Waals surface area (Å²) in [5.74, 6) is -0.909. The smallest absolute Gasteiger partial charge is 0.218 e. The maximum atomic E-state index is 11.4. The first-order valence-electron chi connectivity index (χ1n) is 4.04. The number of benzene rings is 1. The van der Waals surface area contributed by atoms with E-state index in [4.69, 9.17) is 0 Å². The molecule has 0 radical (unpaired) electrons. The number of sulfonamides is 1. The molecule has 0 unspecified atom stereocenters. The largest absolute Gasteiger partial charge is 0.293 e. The highest BCUT2D eigenvalue weighted by Gasteiger charge is 2.15. The van der Waals surface area contributed by atoms with Gasteiger partial charge >= 0.3 is 0 Å². The Balaban J connectivity index is 2.79. The summed E-state index contributed by atoms with van der Waals surface area (Å²) < 4.78 is 24.2. The summed E-state index contributed by atoms with van der Waals surface area (Å²) in [7, 11) is -2.18. The van der Waals surface area contributed by atoms with Gasteiger partial charge in [0.15, 0.2) is 5.78 Å². The Hall–Kier alpha value is -1.20. The number of hydrogen-bond acceptors (Lipinski definition) is 3. The molecule has 0 saturated heterocycles. The third-order valence-electron chi connectivity index (χ3n) is 1.73. The average Bonchev–Trinajstić information content (AvgIpc) is 2.19. The van der Waals surface area contributed by atoms with Gasteiger partial charge in [-0.25, -0.2) is 13.1 Å². The first kappa shape index (κ1) is 10.9. The van der Waals surface area contributed by atoms with Crippen LogP contribution in [-0.2, 0) is 10.0 Å². The van der Waals surface area contributed by atoms with Gasteiger partial charge in [0.05, 0.1) is 0 Å². The van der Waals surface area contributed by atoms with Gasteiger partial charge in [-0.05, 0) is 7.05 Å². The van der Waals surface area contributed by atoms with Crippen molar-refractivity contribution in [2.45, 2.75) is 0 Å². The second-order valence-corrected chi connectivity index (χ2v) is 4.68. The molecule has 0 heterocycles. The van der Waals surface area contributed by atoms with Crippen molar-refractivity contribution in [1.29, 1.82) is 0 Å². The summed E-state index contributed by atoms with van der Waals surface area (Å²) in [5, 5.41) is 0. The van der Waals surface area contributed by atoms with Crippen LogP contribution in [0.3, 0.4) is 0 Å². The maximum Gasteiger partial charge on any atom is 0.218 e. The van der Waals surface area contributed by atoms with Crippen molar-refractivity contribution in [1.82, 2.24) is 4.72 Å². The number of Topliss-reactive ketones (excluding diaryl/α,β-unsaturated/α-hetero) is 1. The van der Waals surface area contributed by atoms with Crippen molar-refractivity contribution < 1.29 is 13.2 Å². The Kier molecular flexibility index (Phi) is 3.38. The standard InChI is InChI=1S/C9H11NO3S/c1-10-14(12,13)7-9(11)8-5-3-2-4-6-8/h2-6,10H,7H2,1H3. The lowest BCUT2D eigenvalue weighted by Gasteiger charge is -2.01. The molecule has 76 valence electrons. The fourth-order valence-corrected chi connectivity index (χ4v) is 1.61. The highest BCUT2D eigenvalue weighted by atomic mass is 32.2. The normalized spacial score (nSPS) is 11.2. The fraction of sp³-hybridized carbons (Fsp3) is 0.222. The first-order valence-corrected chi connectivity index (χ1v) is 5.70. The molecule has 0 amide bonds. The van der Waals surface area contributed by atoms with Gasteiger partial charge in [0.2, 0.25) is 10.0 Å². The summed E-state index contributed by atoms with van der Waals surface area (Å²) in [5.41, 5.74) is 0.409. The molecule has 14 heavy (non-hydrogen) atoms. The monoisotopic (exact) mass is 213 g/mol. The Morgan fingerprint density at radius 3 is 2.36 bits per heavy atom. The Morgan fingerprint density at radius 2 is 1.86 bits per heavy atom. The molecule has 0 atom stereocenters. The van der Waals surface area contributed by atoms with Crippen molar-refractivity contribution in [3.05, 3.63) is 35.9 Å². The molecule has 1 aromatic rings. The van der Waals surface area contributed by atoms with Gasteiger partial charge in [0, 0.05) is 5.56 Å². The highest BCUT2D eigenvalue weighted by molar-refractivity contribution is 7.90. The van der Waals surface area contributed by atoms with E-state index in [9.17, 15) is 13.2 Å². The maximum absolute atomic E-state index is 11.4. The molecule has 0 aliphatic rings. The summed E-state index contributed by atoms with van der Waals surface area (Å²) in [6.45, 7) is 0. The molecule has 5 heteroatoms. The number of rotatable bonds is 4. The first-order chi connectivity index (χ1) is 6.55. The van der Waals surface area contributed by atoms with Crippen LogP contribution in [0.4, 0.5) is 0 Å². The lowest BCUT2D eigenvalue weighted by atomic mass is 10.2. The minimum absolute atomic E-state index is 0.403. The molecule has 0 aliphatic carbocycles. The van der Waals surface area contributed by atoms with E-state index in [1.165, 1.54) is 7.05 Å². The van der Waals surface area contributed by atoms with Crippen LogP contribution in [0.15, 0.2) is 30.3 Å². The van der Waals surface area contributed by atoms with E-state index in [0.717, 1.165) is 0 Å². The van der Waals surface area contributed by atoms with Crippen LogP contribution in [0.5, 0.6) is 0 Å². The fourth-order valence-electron chi connectivity index (χ4n) is 0.952. The number of carbonyl (C=O) groups excluding carboxylic acids is 1. The van der Waals surface area contributed by atoms with E-state index in [0.29, 0.717) is 5.56 Å². The molecular weight excluding hydrogens is 202 g/mol. The molecule has 4 nitrogen and oxygen atoms in total. The zero-order chi connectivity index (χ0) is 10.6. The van der Waals surface area contributed by atoms with Gasteiger partial charge in [0.25, 0.3) is 0 Å². The Morgan fingerprint density at radius 1 is 1.29 bits per heavy atom. The van der Waals surface area contributed by atoms with Gasteiger partial charge in [-0.2, -0.15) is 0 Å². The van der Waals surface area contributed by atoms with Crippen LogP contribution in [0.1, 0.15) is 10.4 Å². The molecular formula is C9H11NO3S. The molecule has 1 rings (SSSR count). The van der Waals surface area contributed by atoms with Crippen molar-refractivity contribution in [2.75, 3.05) is 12.8 Å². The van der Waals surface area contributed by atoms with Crippen LogP contribution >= 0.6 is 0 Å². The summed E-state index contributed by atoms with van der Waals surface area (Å²) in [6.07, 6.45) is 0. The van der Waals surface area contributed by atoms with E-state index in [2.05, 4.69) is 4.72 Å². The van der Waals surface area contributed by atoms with Crippen molar-refractivity contribution >= 4 is 15.8 Å². The quantitative estimate of drug-likeness (QED) is 0.737. The third kappa shape index (κ3) is 2.93. The average molecular weight is 213 g/mol. The summed E-state index contributed by atoms with van der Waals surface area (Å²) in [4.78, 5) is 11.4. The molecule has 0 bridgehead atoms. The second kappa shape index (κ2) is 4.34. The SMILES string of the molecule is CNS(=O)(=O)CC(=O)c1ccccc1. The van der Waals surface area contributed by atoms with Gasteiger partial charge in [-0.1, -0.05) is 30.3 Å². The Bertz CT molecular complexity index is 411. The van der Waals surface area contributed by atoms with Gasteiger partial charge < -0.3 is 0 Å². The van der Waals surface area contributed by atoms with Gasteiger partial charge in [-0.15, -0.1) is 0 Å². The van der Waals surface area contributed by atoms with Crippen molar-refractivity contribution in [3.8, 4) is 0 Å². The number of ketones is 1. The van der Waals surface area contributed by atoms with E-state index in [1.807, 2.05) is 0 Å². The van der Waals surface area contributed by atoms with Gasteiger partial charge in [-0.3, -0.25) is 4.79 Å². The topological polar surface area (TPSA) is 63.2 Å². The number of nitrogens with one attached hydrogen (secondary N) is 1. The van der Waals surface area contributed by atoms with Crippen LogP contribution < -0.4 is 4.72 Å². The van der Waals surface area contributed by atoms with Crippen LogP contribution in [0, 0.1) is 0 Å². The minimum atomic E-state index is -3.47. The van der Waals surface area contributed by atoms with Crippen LogP contribution in [0.2, 0.25) is 0 Å². The molecule has 0 saturated carbocycles. The molecule has 0 fully saturated rings. The van der Waals surface area contributed by atoms with Crippen molar-refractivity contribution in [3.63, 3.8) is 0 Å². The molecule has 0 aromatic heterocycles. The third-order valence-corrected chi connectivity index (χ3v) is 2.99. The predicted octanol–water partition coefficient (Wildman–Crippen LogP) is 0.418. The van der Waals surface area contributed by atoms with Crippen LogP contribution in [-0.4, -0.2) is 27.0 Å². The zero-order valence-electron chi connectivity index (χ0n) is 7.73. The second-order valence-electron chi connectivity index (χ2n) is 2.75. The molecule has 1 aromatic carbocycles. The highest BCUT2D eigenvalue weighted by Crippen LogP contribution is 2.01. The number of carbonyl (C=O) groups is 1. The minimum Gasteiger partial charge on any atom is -0.293 e. The zero-order valence-corrected chi connectivity index (χ0v) is 8.54. The lowest BCUT2D eigenvalue weighted by Crippen LogP contribution is -2.26. The van der Waals surface area contributed by atoms with E-state index < -0.39 is 21.6 Å². The van der Waals surface area contributed by atoms with Gasteiger partial charge in [0.1, 0.15) is 5.75 Å².